The second kappa shape index (κ2) is 4.34. The highest BCUT2D eigenvalue weighted by atomic mass is 15.1. The molecule has 2 nitrogen and oxygen atoms in total. The highest BCUT2D eigenvalue weighted by Crippen LogP contribution is 1.94. The van der Waals surface area contributed by atoms with Crippen molar-refractivity contribution >= 4 is 0 Å². The lowest BCUT2D eigenvalue weighted by Crippen LogP contribution is -2.27. The van der Waals surface area contributed by atoms with E-state index in [2.05, 4.69) is 37.5 Å². The van der Waals surface area contributed by atoms with E-state index in [-0.39, 0.29) is 0 Å². The summed E-state index contributed by atoms with van der Waals surface area (Å²) < 4.78 is 0. The van der Waals surface area contributed by atoms with Crippen molar-refractivity contribution in [3.05, 3.63) is 12.3 Å². The smallest absolute Gasteiger partial charge is 0.0299 e. The van der Waals surface area contributed by atoms with Crippen molar-refractivity contribution in [1.82, 2.24) is 9.80 Å². The lowest BCUT2D eigenvalue weighted by molar-refractivity contribution is 0.327. The Morgan fingerprint density at radius 3 is 2.00 bits per heavy atom. The summed E-state index contributed by atoms with van der Waals surface area (Å²) in [4.78, 5) is 4.32. The molecule has 0 aliphatic heterocycles. The van der Waals surface area contributed by atoms with Gasteiger partial charge in [-0.2, -0.15) is 0 Å². The Labute approximate surface area is 64.1 Å². The number of hydrogen-bond donors (Lipinski definition) is 0. The molecule has 0 aliphatic rings. The normalized spacial score (nSPS) is 10.1. The van der Waals surface area contributed by atoms with Gasteiger partial charge in [0.05, 0.1) is 0 Å². The summed E-state index contributed by atoms with van der Waals surface area (Å²) in [5.41, 5.74) is 1.13. The minimum absolute atomic E-state index is 1.06. The predicted molar refractivity (Wildman–Crippen MR) is 46.0 cm³/mol. The zero-order chi connectivity index (χ0) is 8.15. The third-order valence-corrected chi connectivity index (χ3v) is 1.53. The minimum Gasteiger partial charge on any atom is -0.377 e. The van der Waals surface area contributed by atoms with Gasteiger partial charge in [0.2, 0.25) is 0 Å². The van der Waals surface area contributed by atoms with Gasteiger partial charge in [-0.3, -0.25) is 0 Å². The Balaban J connectivity index is 3.40. The van der Waals surface area contributed by atoms with E-state index < -0.39 is 0 Å². The van der Waals surface area contributed by atoms with Crippen molar-refractivity contribution in [3.8, 4) is 0 Å². The molecule has 0 heterocycles. The monoisotopic (exact) mass is 142 g/mol. The van der Waals surface area contributed by atoms with Crippen molar-refractivity contribution in [2.24, 2.45) is 0 Å². The number of hydrogen-bond acceptors (Lipinski definition) is 2. The summed E-state index contributed by atoms with van der Waals surface area (Å²) in [7, 11) is 6.21. The Morgan fingerprint density at radius 2 is 1.70 bits per heavy atom. The molecule has 0 unspecified atom stereocenters. The van der Waals surface area contributed by atoms with E-state index in [0.29, 0.717) is 0 Å². The van der Waals surface area contributed by atoms with Gasteiger partial charge in [-0.15, -0.1) is 0 Å². The first-order valence-corrected chi connectivity index (χ1v) is 3.55. The van der Waals surface area contributed by atoms with E-state index in [1.807, 2.05) is 6.92 Å². The topological polar surface area (TPSA) is 6.48 Å². The van der Waals surface area contributed by atoms with Crippen LogP contribution in [0.15, 0.2) is 12.3 Å². The molecule has 0 aromatic carbocycles. The predicted octanol–water partition coefficient (Wildman–Crippen LogP) is 1.01. The number of allylic oxidation sites excluding steroid dienone is 1. The molecular weight excluding hydrogens is 124 g/mol. The van der Waals surface area contributed by atoms with Crippen molar-refractivity contribution in [1.29, 1.82) is 0 Å². The average molecular weight is 142 g/mol. The molecule has 0 aromatic heterocycles. The van der Waals surface area contributed by atoms with E-state index in [0.717, 1.165) is 18.8 Å². The molecular formula is C8H18N2. The molecule has 2 heteroatoms. The Hall–Kier alpha value is -0.500. The molecule has 0 fully saturated rings. The quantitative estimate of drug-likeness (QED) is 0.578. The number of nitrogens with zero attached hydrogens (tertiary/aromatic N) is 2. The molecule has 0 spiro atoms. The summed E-state index contributed by atoms with van der Waals surface area (Å²) >= 11 is 0. The Morgan fingerprint density at radius 1 is 1.20 bits per heavy atom. The van der Waals surface area contributed by atoms with E-state index in [1.54, 1.807) is 0 Å². The van der Waals surface area contributed by atoms with Crippen LogP contribution in [0.2, 0.25) is 0 Å². The van der Waals surface area contributed by atoms with E-state index in [9.17, 15) is 0 Å². The molecule has 0 saturated carbocycles. The lowest BCUT2D eigenvalue weighted by atomic mass is 10.4. The second-order valence-electron chi connectivity index (χ2n) is 2.96. The van der Waals surface area contributed by atoms with Crippen LogP contribution in [-0.4, -0.2) is 44.0 Å². The van der Waals surface area contributed by atoms with Crippen LogP contribution < -0.4 is 0 Å². The fourth-order valence-corrected chi connectivity index (χ4v) is 0.541. The van der Waals surface area contributed by atoms with Crippen LogP contribution in [0.3, 0.4) is 0 Å². The summed E-state index contributed by atoms with van der Waals surface area (Å²) in [6, 6.07) is 0. The highest BCUT2D eigenvalue weighted by molar-refractivity contribution is 4.85. The molecule has 0 bridgehead atoms. The van der Waals surface area contributed by atoms with Crippen molar-refractivity contribution in [2.75, 3.05) is 34.2 Å². The zero-order valence-corrected chi connectivity index (χ0v) is 7.52. The third-order valence-electron chi connectivity index (χ3n) is 1.53. The SMILES string of the molecule is C=C(C)N(C)CCN(C)C. The largest absolute Gasteiger partial charge is 0.377 e. The molecule has 10 heavy (non-hydrogen) atoms. The fraction of sp³-hybridized carbons (Fsp3) is 0.750. The van der Waals surface area contributed by atoms with Crippen LogP contribution in [0.5, 0.6) is 0 Å². The molecule has 0 saturated heterocycles. The zero-order valence-electron chi connectivity index (χ0n) is 7.52. The van der Waals surface area contributed by atoms with E-state index >= 15 is 0 Å². The van der Waals surface area contributed by atoms with Crippen LogP contribution in [0.25, 0.3) is 0 Å². The van der Waals surface area contributed by atoms with E-state index in [4.69, 9.17) is 0 Å². The van der Waals surface area contributed by atoms with Crippen LogP contribution in [-0.2, 0) is 0 Å². The first kappa shape index (κ1) is 9.50. The van der Waals surface area contributed by atoms with Gasteiger partial charge < -0.3 is 9.80 Å². The summed E-state index contributed by atoms with van der Waals surface area (Å²) in [6.07, 6.45) is 0. The van der Waals surface area contributed by atoms with Gasteiger partial charge in [0.1, 0.15) is 0 Å². The van der Waals surface area contributed by atoms with Gasteiger partial charge in [-0.05, 0) is 21.0 Å². The van der Waals surface area contributed by atoms with Crippen LogP contribution in [0, 0.1) is 0 Å². The first-order valence-electron chi connectivity index (χ1n) is 3.55. The lowest BCUT2D eigenvalue weighted by Gasteiger charge is -2.20. The van der Waals surface area contributed by atoms with Gasteiger partial charge in [0, 0.05) is 25.8 Å². The summed E-state index contributed by atoms with van der Waals surface area (Å²) in [5.74, 6) is 0. The Kier molecular flexibility index (Phi) is 4.12. The summed E-state index contributed by atoms with van der Waals surface area (Å²) in [6.45, 7) is 8.01. The molecule has 0 amide bonds. The van der Waals surface area contributed by atoms with Crippen LogP contribution >= 0.6 is 0 Å². The molecule has 0 rings (SSSR count). The fourth-order valence-electron chi connectivity index (χ4n) is 0.541. The molecule has 0 aromatic rings. The molecule has 0 N–H and O–H groups in total. The van der Waals surface area contributed by atoms with Gasteiger partial charge in [-0.25, -0.2) is 0 Å². The maximum Gasteiger partial charge on any atom is 0.0299 e. The van der Waals surface area contributed by atoms with Crippen molar-refractivity contribution < 1.29 is 0 Å². The van der Waals surface area contributed by atoms with Crippen LogP contribution in [0.4, 0.5) is 0 Å². The van der Waals surface area contributed by atoms with Crippen LogP contribution in [0.1, 0.15) is 6.92 Å². The van der Waals surface area contributed by atoms with Gasteiger partial charge in [0.25, 0.3) is 0 Å². The minimum atomic E-state index is 1.06. The molecule has 0 aliphatic carbocycles. The second-order valence-corrected chi connectivity index (χ2v) is 2.96. The highest BCUT2D eigenvalue weighted by Gasteiger charge is 1.95. The van der Waals surface area contributed by atoms with E-state index in [1.165, 1.54) is 0 Å². The summed E-state index contributed by atoms with van der Waals surface area (Å²) in [5, 5.41) is 0. The van der Waals surface area contributed by atoms with Crippen molar-refractivity contribution in [2.45, 2.75) is 6.92 Å². The maximum atomic E-state index is 3.84. The third kappa shape index (κ3) is 4.39. The Bertz CT molecular complexity index is 108. The number of rotatable bonds is 4. The van der Waals surface area contributed by atoms with Gasteiger partial charge in [-0.1, -0.05) is 6.58 Å². The standard InChI is InChI=1S/C8H18N2/c1-8(2)10(5)7-6-9(3)4/h1,6-7H2,2-5H3. The van der Waals surface area contributed by atoms with Gasteiger partial charge in [0.15, 0.2) is 0 Å². The first-order chi connectivity index (χ1) is 4.54. The molecule has 0 radical (unpaired) electrons. The maximum absolute atomic E-state index is 3.84. The van der Waals surface area contributed by atoms with Crippen molar-refractivity contribution in [3.63, 3.8) is 0 Å². The van der Waals surface area contributed by atoms with Gasteiger partial charge >= 0.3 is 0 Å². The molecule has 60 valence electrons. The average Bonchev–Trinajstić information content (AvgIpc) is 1.82. The molecule has 0 atom stereocenters. The number of likely N-dealkylation sites (N-methyl/N-ethyl adjacent to an activating group) is 2.